The number of thiophene rings is 1. The molecule has 0 saturated carbocycles. The molecule has 1 amide bonds. The van der Waals surface area contributed by atoms with Crippen LogP contribution in [0, 0.1) is 0 Å². The molecule has 0 radical (unpaired) electrons. The van der Waals surface area contributed by atoms with E-state index in [-0.39, 0.29) is 5.91 Å². The molecular formula is C12H9Br2ClN2OS. The van der Waals surface area contributed by atoms with Gasteiger partial charge in [-0.2, -0.15) is 0 Å². The van der Waals surface area contributed by atoms with Crippen LogP contribution in [-0.4, -0.2) is 13.0 Å². The van der Waals surface area contributed by atoms with Gasteiger partial charge >= 0.3 is 0 Å². The molecule has 2 rings (SSSR count). The summed E-state index contributed by atoms with van der Waals surface area (Å²) in [7, 11) is 1.67. The first kappa shape index (κ1) is 14.8. The number of nitrogens with two attached hydrogens (primary N) is 1. The van der Waals surface area contributed by atoms with E-state index in [0.717, 1.165) is 8.26 Å². The van der Waals surface area contributed by atoms with Crippen molar-refractivity contribution >= 4 is 72.1 Å². The predicted octanol–water partition coefficient (Wildman–Crippen LogP) is 4.79. The summed E-state index contributed by atoms with van der Waals surface area (Å²) < 4.78 is 1.73. The first-order chi connectivity index (χ1) is 8.90. The molecule has 1 aromatic carbocycles. The van der Waals surface area contributed by atoms with Crippen molar-refractivity contribution in [2.45, 2.75) is 0 Å². The monoisotopic (exact) mass is 422 g/mol. The number of rotatable bonds is 2. The normalized spacial score (nSPS) is 10.5. The Labute approximate surface area is 136 Å². The number of amides is 1. The van der Waals surface area contributed by atoms with Crippen LogP contribution in [0.25, 0.3) is 0 Å². The molecule has 100 valence electrons. The summed E-state index contributed by atoms with van der Waals surface area (Å²) in [4.78, 5) is 14.5. The molecule has 0 atom stereocenters. The Morgan fingerprint density at radius 2 is 2.05 bits per heavy atom. The number of benzene rings is 1. The molecule has 1 heterocycles. The van der Waals surface area contributed by atoms with Crippen LogP contribution in [0.3, 0.4) is 0 Å². The fourth-order valence-electron chi connectivity index (χ4n) is 1.53. The van der Waals surface area contributed by atoms with Crippen LogP contribution in [0.2, 0.25) is 5.02 Å². The summed E-state index contributed by atoms with van der Waals surface area (Å²) in [6, 6.07) is 6.82. The third kappa shape index (κ3) is 3.13. The Balaban J connectivity index is 2.35. The lowest BCUT2D eigenvalue weighted by Crippen LogP contribution is -2.26. The van der Waals surface area contributed by atoms with Crippen molar-refractivity contribution < 1.29 is 4.79 Å². The average molecular weight is 425 g/mol. The molecule has 7 heteroatoms. The van der Waals surface area contributed by atoms with Gasteiger partial charge in [-0.15, -0.1) is 11.3 Å². The minimum Gasteiger partial charge on any atom is -0.397 e. The standard InChI is InChI=1S/C12H9Br2ClN2OS/c1-17(9-4-6(15)2-3-8(9)16)12(18)10-5-7(13)11(14)19-10/h2-5H,16H2,1H3. The van der Waals surface area contributed by atoms with Crippen molar-refractivity contribution in [2.75, 3.05) is 17.7 Å². The molecule has 2 N–H and O–H groups in total. The van der Waals surface area contributed by atoms with Gasteiger partial charge in [-0.05, 0) is 56.1 Å². The van der Waals surface area contributed by atoms with Crippen LogP contribution >= 0.6 is 54.8 Å². The van der Waals surface area contributed by atoms with Gasteiger partial charge in [-0.3, -0.25) is 4.79 Å². The maximum Gasteiger partial charge on any atom is 0.268 e. The van der Waals surface area contributed by atoms with Crippen molar-refractivity contribution in [1.82, 2.24) is 0 Å². The highest BCUT2D eigenvalue weighted by molar-refractivity contribution is 9.13. The van der Waals surface area contributed by atoms with Gasteiger partial charge in [-0.1, -0.05) is 11.6 Å². The summed E-state index contributed by atoms with van der Waals surface area (Å²) in [6.07, 6.45) is 0. The van der Waals surface area contributed by atoms with Gasteiger partial charge in [0.15, 0.2) is 0 Å². The average Bonchev–Trinajstić information content (AvgIpc) is 2.71. The molecule has 3 nitrogen and oxygen atoms in total. The van der Waals surface area contributed by atoms with Gasteiger partial charge in [0, 0.05) is 16.5 Å². The zero-order chi connectivity index (χ0) is 14.2. The Hall–Kier alpha value is -0.560. The predicted molar refractivity (Wildman–Crippen MR) is 88.3 cm³/mol. The number of carbonyl (C=O) groups is 1. The van der Waals surface area contributed by atoms with Crippen molar-refractivity contribution in [1.29, 1.82) is 0 Å². The van der Waals surface area contributed by atoms with Crippen molar-refractivity contribution in [3.63, 3.8) is 0 Å². The van der Waals surface area contributed by atoms with E-state index < -0.39 is 0 Å². The number of anilines is 2. The van der Waals surface area contributed by atoms with Crippen LogP contribution in [0.4, 0.5) is 11.4 Å². The summed E-state index contributed by atoms with van der Waals surface area (Å²) >= 11 is 14.0. The van der Waals surface area contributed by atoms with E-state index in [2.05, 4.69) is 31.9 Å². The zero-order valence-electron chi connectivity index (χ0n) is 9.78. The van der Waals surface area contributed by atoms with Crippen LogP contribution < -0.4 is 10.6 Å². The van der Waals surface area contributed by atoms with E-state index in [1.165, 1.54) is 16.2 Å². The highest BCUT2D eigenvalue weighted by atomic mass is 79.9. The quantitative estimate of drug-likeness (QED) is 0.705. The molecule has 0 aliphatic carbocycles. The summed E-state index contributed by atoms with van der Waals surface area (Å²) in [5.41, 5.74) is 6.98. The molecule has 0 spiro atoms. The van der Waals surface area contributed by atoms with E-state index >= 15 is 0 Å². The first-order valence-electron chi connectivity index (χ1n) is 5.18. The number of carbonyl (C=O) groups excluding carboxylic acids is 1. The van der Waals surface area contributed by atoms with E-state index in [4.69, 9.17) is 17.3 Å². The van der Waals surface area contributed by atoms with E-state index in [1.54, 1.807) is 31.3 Å². The van der Waals surface area contributed by atoms with E-state index in [9.17, 15) is 4.79 Å². The zero-order valence-corrected chi connectivity index (χ0v) is 14.5. The smallest absolute Gasteiger partial charge is 0.268 e. The molecule has 0 bridgehead atoms. The SMILES string of the molecule is CN(C(=O)c1cc(Br)c(Br)s1)c1cc(Cl)ccc1N. The minimum absolute atomic E-state index is 0.134. The topological polar surface area (TPSA) is 46.3 Å². The Kier molecular flexibility index (Phi) is 4.55. The van der Waals surface area contributed by atoms with Gasteiger partial charge in [0.1, 0.15) is 0 Å². The van der Waals surface area contributed by atoms with Crippen molar-refractivity contribution in [3.8, 4) is 0 Å². The largest absolute Gasteiger partial charge is 0.397 e. The van der Waals surface area contributed by atoms with Crippen molar-refractivity contribution in [2.24, 2.45) is 0 Å². The lowest BCUT2D eigenvalue weighted by Gasteiger charge is -2.18. The minimum atomic E-state index is -0.134. The van der Waals surface area contributed by atoms with Crippen LogP contribution in [-0.2, 0) is 0 Å². The number of nitrogens with zero attached hydrogens (tertiary/aromatic N) is 1. The molecule has 0 fully saturated rings. The van der Waals surface area contributed by atoms with Crippen LogP contribution in [0.1, 0.15) is 9.67 Å². The summed E-state index contributed by atoms with van der Waals surface area (Å²) in [5, 5.41) is 0.539. The Bertz CT molecular complexity index is 625. The fraction of sp³-hybridized carbons (Fsp3) is 0.0833. The second-order valence-electron chi connectivity index (χ2n) is 3.80. The van der Waals surface area contributed by atoms with E-state index in [1.807, 2.05) is 0 Å². The van der Waals surface area contributed by atoms with Gasteiger partial charge in [0.2, 0.25) is 0 Å². The number of hydrogen-bond acceptors (Lipinski definition) is 3. The second-order valence-corrected chi connectivity index (χ2v) is 7.46. The first-order valence-corrected chi connectivity index (χ1v) is 7.96. The third-order valence-electron chi connectivity index (χ3n) is 2.51. The molecule has 0 saturated heterocycles. The lowest BCUT2D eigenvalue weighted by molar-refractivity contribution is 0.0997. The highest BCUT2D eigenvalue weighted by Gasteiger charge is 2.19. The highest BCUT2D eigenvalue weighted by Crippen LogP contribution is 2.34. The second kappa shape index (κ2) is 5.83. The number of hydrogen-bond donors (Lipinski definition) is 1. The van der Waals surface area contributed by atoms with Gasteiger partial charge < -0.3 is 10.6 Å². The van der Waals surface area contributed by atoms with Gasteiger partial charge in [0.25, 0.3) is 5.91 Å². The number of halogens is 3. The maximum absolute atomic E-state index is 12.4. The summed E-state index contributed by atoms with van der Waals surface area (Å²) in [5.74, 6) is -0.134. The van der Waals surface area contributed by atoms with E-state index in [0.29, 0.717) is 21.3 Å². The van der Waals surface area contributed by atoms with Gasteiger partial charge in [0.05, 0.1) is 20.0 Å². The van der Waals surface area contributed by atoms with Crippen LogP contribution in [0.15, 0.2) is 32.5 Å². The third-order valence-corrected chi connectivity index (χ3v) is 5.99. The number of nitrogen functional groups attached to an aromatic ring is 1. The molecular weight excluding hydrogens is 415 g/mol. The molecule has 0 aliphatic rings. The maximum atomic E-state index is 12.4. The Morgan fingerprint density at radius 1 is 1.37 bits per heavy atom. The fourth-order valence-corrected chi connectivity index (χ4v) is 3.71. The van der Waals surface area contributed by atoms with Crippen molar-refractivity contribution in [3.05, 3.63) is 42.4 Å². The Morgan fingerprint density at radius 3 is 2.63 bits per heavy atom. The lowest BCUT2D eigenvalue weighted by atomic mass is 10.2. The molecule has 19 heavy (non-hydrogen) atoms. The molecule has 1 aromatic heterocycles. The van der Waals surface area contributed by atoms with Crippen LogP contribution in [0.5, 0.6) is 0 Å². The van der Waals surface area contributed by atoms with Gasteiger partial charge in [-0.25, -0.2) is 0 Å². The molecule has 0 unspecified atom stereocenters. The molecule has 2 aromatic rings. The summed E-state index contributed by atoms with van der Waals surface area (Å²) in [6.45, 7) is 0. The molecule has 0 aliphatic heterocycles.